The van der Waals surface area contributed by atoms with Gasteiger partial charge in [0.15, 0.2) is 0 Å². The molecule has 0 aromatic rings. The molecule has 0 heterocycles. The van der Waals surface area contributed by atoms with Gasteiger partial charge in [0.05, 0.1) is 72.4 Å². The summed E-state index contributed by atoms with van der Waals surface area (Å²) >= 11 is 3.83. The zero-order chi connectivity index (χ0) is 33.7. The van der Waals surface area contributed by atoms with Crippen LogP contribution in [0.5, 0.6) is 0 Å². The van der Waals surface area contributed by atoms with E-state index in [-0.39, 0.29) is 36.7 Å². The summed E-state index contributed by atoms with van der Waals surface area (Å²) in [4.78, 5) is 24.1. The number of aliphatic hydroxyl groups excluding tert-OH is 1. The van der Waals surface area contributed by atoms with Crippen LogP contribution in [0.15, 0.2) is 0 Å². The van der Waals surface area contributed by atoms with Gasteiger partial charge < -0.3 is 38.4 Å². The van der Waals surface area contributed by atoms with Gasteiger partial charge in [-0.05, 0) is 88.5 Å². The van der Waals surface area contributed by atoms with E-state index in [4.69, 9.17) is 39.2 Å². The highest BCUT2D eigenvalue weighted by molar-refractivity contribution is 14.1. The van der Waals surface area contributed by atoms with Gasteiger partial charge in [0.1, 0.15) is 0 Å². The molecule has 0 aliphatic heterocycles. The Balaban J connectivity index is 5.10. The third-order valence-electron chi connectivity index (χ3n) is 7.05. The number of carbonyl (C=O) groups is 2. The van der Waals surface area contributed by atoms with Gasteiger partial charge in [0.2, 0.25) is 8.92 Å². The SMILES string of the molecule is [B]B(I)C(=O)CC(C)(C)OCCC(C)(C)OCC(COC(C)(C)CCO)COC(C)(C)CCOC(C)(C)CC(=O)B([B])I. The van der Waals surface area contributed by atoms with E-state index in [0.717, 1.165) is 0 Å². The summed E-state index contributed by atoms with van der Waals surface area (Å²) in [5.74, 6) is -0.0586. The number of hydrogen-bond acceptors (Lipinski definition) is 8. The number of aliphatic hydroxyl groups is 1. The molecular weight excluding hydrogens is 773 g/mol. The van der Waals surface area contributed by atoms with Crippen LogP contribution in [0.2, 0.25) is 0 Å². The van der Waals surface area contributed by atoms with Crippen molar-refractivity contribution in [3.63, 3.8) is 0 Å². The van der Waals surface area contributed by atoms with Crippen LogP contribution < -0.4 is 0 Å². The molecule has 0 atom stereocenters. The van der Waals surface area contributed by atoms with Crippen LogP contribution in [0.25, 0.3) is 0 Å². The Morgan fingerprint density at radius 3 is 1.19 bits per heavy atom. The molecule has 0 spiro atoms. The van der Waals surface area contributed by atoms with Crippen LogP contribution in [0.4, 0.5) is 0 Å². The second kappa shape index (κ2) is 19.6. The Kier molecular flexibility index (Phi) is 20.0. The summed E-state index contributed by atoms with van der Waals surface area (Å²) in [5, 5.41) is 9.41. The predicted molar refractivity (Wildman–Crippen MR) is 195 cm³/mol. The second-order valence-corrected chi connectivity index (χ2v) is 17.0. The fraction of sp³-hybridized carbons (Fsp3) is 0.931. The molecule has 1 N–H and O–H groups in total. The minimum atomic E-state index is -0.610. The summed E-state index contributed by atoms with van der Waals surface area (Å²) in [5.41, 5.74) is -2.74. The standard InChI is InChI=1S/C29H54B4I2O8/c1-25(2,11-14-36)41-19-22(20-42-26(3,4)12-15-39-28(7,8)17-23(37)32(30)34)21-43-27(5,6)13-16-40-29(9,10)18-24(38)33(31)35/h22,36H,11-21H2,1-10H3. The minimum absolute atomic E-state index is 0.0395. The predicted octanol–water partition coefficient (Wildman–Crippen LogP) is 4.92. The summed E-state index contributed by atoms with van der Waals surface area (Å²) in [6.45, 7) is 21.7. The fourth-order valence-corrected chi connectivity index (χ4v) is 4.38. The first-order chi connectivity index (χ1) is 19.4. The fourth-order valence-electron chi connectivity index (χ4n) is 3.94. The van der Waals surface area contributed by atoms with Crippen molar-refractivity contribution >= 4 is 80.5 Å². The number of rotatable bonds is 25. The number of halogens is 2. The van der Waals surface area contributed by atoms with Crippen molar-refractivity contribution in [2.24, 2.45) is 5.92 Å². The van der Waals surface area contributed by atoms with Crippen LogP contribution in [-0.4, -0.2) is 109 Å². The Labute approximate surface area is 292 Å². The Morgan fingerprint density at radius 2 is 0.907 bits per heavy atom. The lowest BCUT2D eigenvalue weighted by atomic mass is 9.51. The first-order valence-corrected chi connectivity index (χ1v) is 17.6. The topological polar surface area (TPSA) is 101 Å². The van der Waals surface area contributed by atoms with Gasteiger partial charge in [-0.15, -0.1) is 0 Å². The van der Waals surface area contributed by atoms with E-state index in [1.165, 1.54) is 0 Å². The van der Waals surface area contributed by atoms with Gasteiger partial charge in [-0.25, -0.2) is 0 Å². The lowest BCUT2D eigenvalue weighted by molar-refractivity contribution is -0.131. The molecule has 0 saturated carbocycles. The van der Waals surface area contributed by atoms with Crippen molar-refractivity contribution in [1.29, 1.82) is 0 Å². The van der Waals surface area contributed by atoms with Crippen molar-refractivity contribution < 1.29 is 38.4 Å². The molecular formula is C29H54B4I2O8. The van der Waals surface area contributed by atoms with Crippen molar-refractivity contribution in [3.8, 4) is 0 Å². The van der Waals surface area contributed by atoms with E-state index < -0.39 is 36.9 Å². The van der Waals surface area contributed by atoms with Gasteiger partial charge in [-0.2, -0.15) is 44.7 Å². The quantitative estimate of drug-likeness (QED) is 0.102. The number of ether oxygens (including phenoxy) is 5. The summed E-state index contributed by atoms with van der Waals surface area (Å²) in [6, 6.07) is 0. The van der Waals surface area contributed by atoms with Crippen LogP contribution in [0.1, 0.15) is 101 Å². The van der Waals surface area contributed by atoms with E-state index in [1.807, 2.05) is 114 Å². The molecule has 0 rings (SSSR count). The number of hydrogen-bond donors (Lipinski definition) is 1. The average molecular weight is 828 g/mol. The van der Waals surface area contributed by atoms with Crippen LogP contribution in [0.3, 0.4) is 0 Å². The van der Waals surface area contributed by atoms with E-state index >= 15 is 0 Å². The third-order valence-corrected chi connectivity index (χ3v) is 8.44. The van der Waals surface area contributed by atoms with Gasteiger partial charge in [0.25, 0.3) is 0 Å². The van der Waals surface area contributed by atoms with Crippen molar-refractivity contribution in [3.05, 3.63) is 0 Å². The second-order valence-electron chi connectivity index (χ2n) is 14.4. The molecule has 43 heavy (non-hydrogen) atoms. The van der Waals surface area contributed by atoms with Crippen LogP contribution in [-0.2, 0) is 33.3 Å². The molecule has 0 saturated heterocycles. The monoisotopic (exact) mass is 828 g/mol. The molecule has 8 nitrogen and oxygen atoms in total. The van der Waals surface area contributed by atoms with Crippen LogP contribution in [0, 0.1) is 5.92 Å². The molecule has 14 heteroatoms. The lowest BCUT2D eigenvalue weighted by Crippen LogP contribution is -2.38. The maximum atomic E-state index is 12.1. The molecule has 0 aliphatic carbocycles. The maximum Gasteiger partial charge on any atom is 0.245 e. The first kappa shape index (κ1) is 43.8. The highest BCUT2D eigenvalue weighted by atomic mass is 127. The van der Waals surface area contributed by atoms with Crippen molar-refractivity contribution in [2.45, 2.75) is 129 Å². The van der Waals surface area contributed by atoms with Crippen molar-refractivity contribution in [1.82, 2.24) is 0 Å². The summed E-state index contributed by atoms with van der Waals surface area (Å²) in [6.07, 6.45) is 2.29. The van der Waals surface area contributed by atoms with Crippen LogP contribution >= 0.6 is 44.7 Å². The minimum Gasteiger partial charge on any atom is -0.396 e. The average Bonchev–Trinajstić information content (AvgIpc) is 2.82. The Morgan fingerprint density at radius 1 is 0.605 bits per heavy atom. The first-order valence-electron chi connectivity index (χ1n) is 15.1. The highest BCUT2D eigenvalue weighted by Crippen LogP contribution is 2.25. The molecule has 0 aliphatic rings. The van der Waals surface area contributed by atoms with E-state index in [1.54, 1.807) is 0 Å². The van der Waals surface area contributed by atoms with Crippen molar-refractivity contribution in [2.75, 3.05) is 39.6 Å². The van der Waals surface area contributed by atoms with Gasteiger partial charge >= 0.3 is 0 Å². The van der Waals surface area contributed by atoms with E-state index in [9.17, 15) is 14.7 Å². The largest absolute Gasteiger partial charge is 0.396 e. The van der Waals surface area contributed by atoms with Gasteiger partial charge in [-0.3, -0.25) is 0 Å². The summed E-state index contributed by atoms with van der Waals surface area (Å²) < 4.78 is 29.9. The maximum absolute atomic E-state index is 12.1. The molecule has 4 radical (unpaired) electrons. The normalized spacial score (nSPS) is 13.4. The van der Waals surface area contributed by atoms with E-state index in [0.29, 0.717) is 52.3 Å². The van der Waals surface area contributed by atoms with Gasteiger partial charge in [-0.1, -0.05) is 0 Å². The Hall–Kier alpha value is 0.820. The molecule has 0 unspecified atom stereocenters. The molecule has 0 aromatic heterocycles. The molecule has 244 valence electrons. The Bertz CT molecular complexity index is 783. The zero-order valence-corrected chi connectivity index (χ0v) is 32.5. The zero-order valence-electron chi connectivity index (χ0n) is 28.2. The van der Waals surface area contributed by atoms with Gasteiger partial charge in [0, 0.05) is 40.8 Å². The van der Waals surface area contributed by atoms with E-state index in [2.05, 4.69) is 0 Å². The number of carbonyl (C=O) groups excluding carboxylic acids is 2. The third kappa shape index (κ3) is 22.1. The molecule has 0 aromatic carbocycles. The summed E-state index contributed by atoms with van der Waals surface area (Å²) in [7, 11) is 11.4. The molecule has 0 fully saturated rings. The molecule has 0 amide bonds. The lowest BCUT2D eigenvalue weighted by Gasteiger charge is -2.34. The molecule has 0 bridgehead atoms. The smallest absolute Gasteiger partial charge is 0.245 e. The highest BCUT2D eigenvalue weighted by Gasteiger charge is 2.30.